The van der Waals surface area contributed by atoms with Crippen LogP contribution in [0.5, 0.6) is 0 Å². The van der Waals surface area contributed by atoms with Crippen molar-refractivity contribution >= 4 is 5.91 Å². The lowest BCUT2D eigenvalue weighted by Gasteiger charge is -2.41. The second-order valence-electron chi connectivity index (χ2n) is 3.93. The molecular formula is C9H16N2O2. The highest BCUT2D eigenvalue weighted by atomic mass is 16.3. The van der Waals surface area contributed by atoms with Crippen molar-refractivity contribution in [3.8, 4) is 0 Å². The highest BCUT2D eigenvalue weighted by molar-refractivity contribution is 5.82. The van der Waals surface area contributed by atoms with Gasteiger partial charge in [0, 0.05) is 26.2 Å². The van der Waals surface area contributed by atoms with Gasteiger partial charge in [0.05, 0.1) is 6.04 Å². The number of nitrogens with zero attached hydrogens (tertiary/aromatic N) is 1. The summed E-state index contributed by atoms with van der Waals surface area (Å²) in [6.07, 6.45) is 1.88. The van der Waals surface area contributed by atoms with Gasteiger partial charge in [-0.15, -0.1) is 0 Å². The number of aliphatic hydroxyl groups is 1. The SMILES string of the molecule is O=C1NCCN2C[C@H](CO)CC[C@@H]12. The molecule has 0 unspecified atom stereocenters. The van der Waals surface area contributed by atoms with E-state index in [-0.39, 0.29) is 18.6 Å². The first kappa shape index (κ1) is 8.97. The van der Waals surface area contributed by atoms with E-state index in [0.29, 0.717) is 5.92 Å². The predicted molar refractivity (Wildman–Crippen MR) is 48.2 cm³/mol. The molecule has 0 aliphatic carbocycles. The molecule has 2 N–H and O–H groups in total. The van der Waals surface area contributed by atoms with Crippen LogP contribution in [0.2, 0.25) is 0 Å². The van der Waals surface area contributed by atoms with Crippen molar-refractivity contribution in [1.29, 1.82) is 0 Å². The Bertz CT molecular complexity index is 208. The Labute approximate surface area is 77.9 Å². The third kappa shape index (κ3) is 1.69. The molecule has 0 bridgehead atoms. The number of amides is 1. The number of piperidine rings is 1. The highest BCUT2D eigenvalue weighted by Gasteiger charge is 2.34. The summed E-state index contributed by atoms with van der Waals surface area (Å²) >= 11 is 0. The average molecular weight is 184 g/mol. The van der Waals surface area contributed by atoms with Gasteiger partial charge in [-0.1, -0.05) is 0 Å². The molecule has 0 aromatic carbocycles. The van der Waals surface area contributed by atoms with Crippen LogP contribution in [0, 0.1) is 5.92 Å². The van der Waals surface area contributed by atoms with Gasteiger partial charge in [-0.3, -0.25) is 9.69 Å². The van der Waals surface area contributed by atoms with Crippen molar-refractivity contribution in [3.63, 3.8) is 0 Å². The van der Waals surface area contributed by atoms with E-state index in [1.54, 1.807) is 0 Å². The summed E-state index contributed by atoms with van der Waals surface area (Å²) in [6, 6.07) is 0.0801. The van der Waals surface area contributed by atoms with E-state index in [0.717, 1.165) is 32.5 Å². The van der Waals surface area contributed by atoms with Crippen LogP contribution in [0.15, 0.2) is 0 Å². The number of rotatable bonds is 1. The number of nitrogens with one attached hydrogen (secondary N) is 1. The van der Waals surface area contributed by atoms with Gasteiger partial charge in [0.1, 0.15) is 0 Å². The van der Waals surface area contributed by atoms with E-state index < -0.39 is 0 Å². The molecule has 2 atom stereocenters. The minimum Gasteiger partial charge on any atom is -0.396 e. The largest absolute Gasteiger partial charge is 0.396 e. The minimum atomic E-state index is 0.0801. The molecule has 0 aromatic heterocycles. The maximum Gasteiger partial charge on any atom is 0.237 e. The lowest BCUT2D eigenvalue weighted by molar-refractivity contribution is -0.131. The fourth-order valence-corrected chi connectivity index (χ4v) is 2.26. The van der Waals surface area contributed by atoms with Gasteiger partial charge in [-0.05, 0) is 18.8 Å². The Morgan fingerprint density at radius 3 is 3.15 bits per heavy atom. The molecule has 2 saturated heterocycles. The first-order valence-corrected chi connectivity index (χ1v) is 4.94. The van der Waals surface area contributed by atoms with Crippen LogP contribution in [-0.2, 0) is 4.79 Å². The zero-order valence-electron chi connectivity index (χ0n) is 7.70. The maximum absolute atomic E-state index is 11.4. The molecule has 0 aromatic rings. The first-order chi connectivity index (χ1) is 6.31. The number of fused-ring (bicyclic) bond motifs is 1. The molecule has 2 fully saturated rings. The van der Waals surface area contributed by atoms with E-state index >= 15 is 0 Å². The van der Waals surface area contributed by atoms with Crippen molar-refractivity contribution in [2.75, 3.05) is 26.2 Å². The second kappa shape index (κ2) is 3.64. The number of aliphatic hydroxyl groups excluding tert-OH is 1. The molecule has 2 aliphatic heterocycles. The van der Waals surface area contributed by atoms with Crippen molar-refractivity contribution < 1.29 is 9.90 Å². The van der Waals surface area contributed by atoms with E-state index in [2.05, 4.69) is 10.2 Å². The van der Waals surface area contributed by atoms with Crippen LogP contribution in [0.1, 0.15) is 12.8 Å². The summed E-state index contributed by atoms with van der Waals surface area (Å²) in [5.41, 5.74) is 0. The van der Waals surface area contributed by atoms with Crippen molar-refractivity contribution in [3.05, 3.63) is 0 Å². The standard InChI is InChI=1S/C9H16N2O2/c12-6-7-1-2-8-9(13)10-3-4-11(8)5-7/h7-8,12H,1-6H2,(H,10,13)/t7-,8+/m1/s1. The van der Waals surface area contributed by atoms with Gasteiger partial charge in [-0.2, -0.15) is 0 Å². The number of piperazine rings is 1. The molecule has 1 amide bonds. The van der Waals surface area contributed by atoms with E-state index in [4.69, 9.17) is 5.11 Å². The van der Waals surface area contributed by atoms with E-state index in [1.807, 2.05) is 0 Å². The van der Waals surface area contributed by atoms with Gasteiger partial charge in [-0.25, -0.2) is 0 Å². The Balaban J connectivity index is 1.99. The summed E-state index contributed by atoms with van der Waals surface area (Å²) in [7, 11) is 0. The van der Waals surface area contributed by atoms with Gasteiger partial charge in [0.2, 0.25) is 5.91 Å². The molecule has 13 heavy (non-hydrogen) atoms. The molecule has 74 valence electrons. The number of carbonyl (C=O) groups excluding carboxylic acids is 1. The van der Waals surface area contributed by atoms with Crippen LogP contribution in [-0.4, -0.2) is 48.2 Å². The van der Waals surface area contributed by atoms with Crippen LogP contribution in [0.25, 0.3) is 0 Å². The fourth-order valence-electron chi connectivity index (χ4n) is 2.26. The van der Waals surface area contributed by atoms with Gasteiger partial charge >= 0.3 is 0 Å². The normalized spacial score (nSPS) is 35.3. The summed E-state index contributed by atoms with van der Waals surface area (Å²) in [6.45, 7) is 2.83. The van der Waals surface area contributed by atoms with E-state index in [9.17, 15) is 4.79 Å². The Morgan fingerprint density at radius 1 is 1.54 bits per heavy atom. The van der Waals surface area contributed by atoms with E-state index in [1.165, 1.54) is 0 Å². The summed E-state index contributed by atoms with van der Waals surface area (Å²) in [5.74, 6) is 0.546. The first-order valence-electron chi connectivity index (χ1n) is 4.94. The van der Waals surface area contributed by atoms with Gasteiger partial charge < -0.3 is 10.4 Å². The van der Waals surface area contributed by atoms with Gasteiger partial charge in [0.25, 0.3) is 0 Å². The maximum atomic E-state index is 11.4. The summed E-state index contributed by atoms with van der Waals surface area (Å²) < 4.78 is 0. The van der Waals surface area contributed by atoms with Gasteiger partial charge in [0.15, 0.2) is 0 Å². The average Bonchev–Trinajstić information content (AvgIpc) is 2.18. The molecule has 0 radical (unpaired) electrons. The molecule has 2 heterocycles. The molecule has 0 saturated carbocycles. The number of hydrogen-bond donors (Lipinski definition) is 2. The van der Waals surface area contributed by atoms with Crippen molar-refractivity contribution in [2.24, 2.45) is 5.92 Å². The smallest absolute Gasteiger partial charge is 0.237 e. The Hall–Kier alpha value is -0.610. The van der Waals surface area contributed by atoms with Crippen LogP contribution in [0.3, 0.4) is 0 Å². The van der Waals surface area contributed by atoms with Crippen LogP contribution in [0.4, 0.5) is 0 Å². The van der Waals surface area contributed by atoms with Crippen molar-refractivity contribution in [2.45, 2.75) is 18.9 Å². The zero-order chi connectivity index (χ0) is 9.26. The van der Waals surface area contributed by atoms with Crippen molar-refractivity contribution in [1.82, 2.24) is 10.2 Å². The summed E-state index contributed by atoms with van der Waals surface area (Å²) in [4.78, 5) is 13.6. The minimum absolute atomic E-state index is 0.0801. The fraction of sp³-hybridized carbons (Fsp3) is 0.889. The van der Waals surface area contributed by atoms with Crippen LogP contribution < -0.4 is 5.32 Å². The summed E-state index contributed by atoms with van der Waals surface area (Å²) in [5, 5.41) is 11.9. The lowest BCUT2D eigenvalue weighted by atomic mass is 9.92. The topological polar surface area (TPSA) is 52.6 Å². The second-order valence-corrected chi connectivity index (χ2v) is 3.93. The Kier molecular flexibility index (Phi) is 2.51. The molecule has 2 rings (SSSR count). The quantitative estimate of drug-likeness (QED) is 0.560. The molecule has 2 aliphatic rings. The molecule has 0 spiro atoms. The molecule has 4 nitrogen and oxygen atoms in total. The number of hydrogen-bond acceptors (Lipinski definition) is 3. The Morgan fingerprint density at radius 2 is 2.38 bits per heavy atom. The predicted octanol–water partition coefficient (Wildman–Crippen LogP) is -0.811. The third-order valence-electron chi connectivity index (χ3n) is 3.04. The van der Waals surface area contributed by atoms with Crippen LogP contribution >= 0.6 is 0 Å². The molecular weight excluding hydrogens is 168 g/mol. The number of carbonyl (C=O) groups is 1. The lowest BCUT2D eigenvalue weighted by Crippen LogP contribution is -2.58. The molecule has 4 heteroatoms. The third-order valence-corrected chi connectivity index (χ3v) is 3.04. The monoisotopic (exact) mass is 184 g/mol. The highest BCUT2D eigenvalue weighted by Crippen LogP contribution is 2.22. The zero-order valence-corrected chi connectivity index (χ0v) is 7.70.